The molecule has 4 heteroatoms. The number of benzene rings is 1. The third-order valence-corrected chi connectivity index (χ3v) is 6.00. The van der Waals surface area contributed by atoms with Crippen molar-refractivity contribution in [3.63, 3.8) is 0 Å². The molecule has 4 atom stereocenters. The van der Waals surface area contributed by atoms with Crippen molar-refractivity contribution < 1.29 is 14.3 Å². The summed E-state index contributed by atoms with van der Waals surface area (Å²) in [5.41, 5.74) is 0.248. The molecule has 0 aromatic heterocycles. The first-order valence-electron chi connectivity index (χ1n) is 8.71. The molecule has 1 aromatic rings. The Morgan fingerprint density at radius 3 is 2.78 bits per heavy atom. The van der Waals surface area contributed by atoms with Crippen LogP contribution in [-0.2, 0) is 4.79 Å². The number of Topliss-reactive ketones (excluding diaryl/α,β-unsaturated/α-hetero) is 1. The lowest BCUT2D eigenvalue weighted by Gasteiger charge is -2.37. The number of hydrogen-bond acceptors (Lipinski definition) is 3. The number of hydrogen-bond donors (Lipinski definition) is 0. The zero-order valence-electron chi connectivity index (χ0n) is 13.7. The van der Waals surface area contributed by atoms with Gasteiger partial charge >= 0.3 is 0 Å². The van der Waals surface area contributed by atoms with Crippen molar-refractivity contribution in [1.29, 1.82) is 0 Å². The van der Waals surface area contributed by atoms with E-state index in [-0.39, 0.29) is 23.5 Å². The summed E-state index contributed by atoms with van der Waals surface area (Å²) in [5, 5.41) is 0. The second-order valence-corrected chi connectivity index (χ2v) is 7.03. The highest BCUT2D eigenvalue weighted by atomic mass is 16.5. The molecular weight excluding hydrogens is 290 g/mol. The minimum atomic E-state index is -0.441. The normalized spacial score (nSPS) is 33.8. The van der Waals surface area contributed by atoms with Crippen LogP contribution < -0.4 is 4.74 Å². The molecule has 4 rings (SSSR count). The number of nitrogens with zero attached hydrogens (tertiary/aromatic N) is 1. The van der Waals surface area contributed by atoms with E-state index in [1.807, 2.05) is 43.0 Å². The zero-order valence-corrected chi connectivity index (χ0v) is 13.7. The summed E-state index contributed by atoms with van der Waals surface area (Å²) in [4.78, 5) is 27.2. The minimum Gasteiger partial charge on any atom is -0.486 e. The van der Waals surface area contributed by atoms with Gasteiger partial charge < -0.3 is 9.64 Å². The molecule has 0 unspecified atom stereocenters. The molecule has 4 nitrogen and oxygen atoms in total. The predicted molar refractivity (Wildman–Crippen MR) is 86.4 cm³/mol. The highest BCUT2D eigenvalue weighted by Gasteiger charge is 2.70. The summed E-state index contributed by atoms with van der Waals surface area (Å²) < 4.78 is 6.34. The van der Waals surface area contributed by atoms with Gasteiger partial charge in [-0.25, -0.2) is 0 Å². The van der Waals surface area contributed by atoms with Crippen molar-refractivity contribution in [2.24, 2.45) is 17.8 Å². The quantitative estimate of drug-likeness (QED) is 0.862. The van der Waals surface area contributed by atoms with Crippen molar-refractivity contribution in [2.45, 2.75) is 38.7 Å². The Labute approximate surface area is 136 Å². The second-order valence-electron chi connectivity index (χ2n) is 7.03. The van der Waals surface area contributed by atoms with E-state index in [1.54, 1.807) is 0 Å². The van der Waals surface area contributed by atoms with Gasteiger partial charge in [0.05, 0.1) is 12.0 Å². The van der Waals surface area contributed by atoms with Gasteiger partial charge in [-0.3, -0.25) is 9.59 Å². The number of fused-ring (bicyclic) bond motifs is 3. The number of rotatable bonds is 3. The first-order valence-corrected chi connectivity index (χ1v) is 8.71. The van der Waals surface area contributed by atoms with Crippen molar-refractivity contribution in [3.8, 4) is 5.75 Å². The van der Waals surface area contributed by atoms with Gasteiger partial charge in [0.15, 0.2) is 5.78 Å². The Bertz CT molecular complexity index is 666. The van der Waals surface area contributed by atoms with E-state index < -0.39 is 5.60 Å². The van der Waals surface area contributed by atoms with E-state index in [4.69, 9.17) is 4.74 Å². The highest BCUT2D eigenvalue weighted by molar-refractivity contribution is 6.00. The molecule has 2 fully saturated rings. The summed E-state index contributed by atoms with van der Waals surface area (Å²) in [7, 11) is 0. The molecular formula is C19H23NO3. The lowest BCUT2D eigenvalue weighted by Crippen LogP contribution is -2.45. The van der Waals surface area contributed by atoms with Gasteiger partial charge in [-0.2, -0.15) is 0 Å². The van der Waals surface area contributed by atoms with E-state index in [1.165, 1.54) is 0 Å². The number of ketones is 1. The Kier molecular flexibility index (Phi) is 3.26. The van der Waals surface area contributed by atoms with Crippen molar-refractivity contribution in [3.05, 3.63) is 29.8 Å². The molecule has 23 heavy (non-hydrogen) atoms. The molecule has 1 amide bonds. The van der Waals surface area contributed by atoms with Crippen LogP contribution in [0, 0.1) is 17.8 Å². The van der Waals surface area contributed by atoms with E-state index in [9.17, 15) is 9.59 Å². The Balaban J connectivity index is 1.60. The van der Waals surface area contributed by atoms with Crippen molar-refractivity contribution in [1.82, 2.24) is 4.90 Å². The SMILES string of the molecule is CCN(CC)C(=O)[C@@H]1[C@@H]2CC[C@]3(CC(=O)c4ccccc4O3)[C@@H]21. The van der Waals surface area contributed by atoms with Crippen LogP contribution in [0.3, 0.4) is 0 Å². The van der Waals surface area contributed by atoms with Gasteiger partial charge in [-0.1, -0.05) is 12.1 Å². The molecule has 0 N–H and O–H groups in total. The average molecular weight is 313 g/mol. The first kappa shape index (κ1) is 14.7. The van der Waals surface area contributed by atoms with Gasteiger partial charge in [0.1, 0.15) is 11.4 Å². The molecule has 1 spiro atoms. The average Bonchev–Trinajstić information content (AvgIpc) is 3.20. The molecule has 122 valence electrons. The fourth-order valence-corrected chi connectivity index (χ4v) is 4.84. The third-order valence-electron chi connectivity index (χ3n) is 6.00. The van der Waals surface area contributed by atoms with Gasteiger partial charge in [0.2, 0.25) is 5.91 Å². The standard InChI is InChI=1S/C19H23NO3/c1-3-20(4-2)18(22)16-13-9-10-19(17(13)16)11-14(21)12-7-5-6-8-15(12)23-19/h5-8,13,16-17H,3-4,9-11H2,1-2H3/t13-,16+,17-,19-/m0/s1. The molecule has 0 radical (unpaired) electrons. The van der Waals surface area contributed by atoms with E-state index in [0.29, 0.717) is 23.7 Å². The van der Waals surface area contributed by atoms with Crippen molar-refractivity contribution in [2.75, 3.05) is 13.1 Å². The Morgan fingerprint density at radius 2 is 2.04 bits per heavy atom. The van der Waals surface area contributed by atoms with Crippen LogP contribution in [0.4, 0.5) is 0 Å². The number of carbonyl (C=O) groups excluding carboxylic acids is 2. The molecule has 1 aromatic carbocycles. The van der Waals surface area contributed by atoms with E-state index in [0.717, 1.165) is 25.9 Å². The minimum absolute atomic E-state index is 0.0571. The topological polar surface area (TPSA) is 46.6 Å². The smallest absolute Gasteiger partial charge is 0.226 e. The summed E-state index contributed by atoms with van der Waals surface area (Å²) in [6, 6.07) is 7.50. The van der Waals surface area contributed by atoms with Crippen LogP contribution in [0.15, 0.2) is 24.3 Å². The van der Waals surface area contributed by atoms with Crippen LogP contribution in [0.5, 0.6) is 5.75 Å². The van der Waals surface area contributed by atoms with Gasteiger partial charge in [-0.15, -0.1) is 0 Å². The first-order chi connectivity index (χ1) is 11.1. The van der Waals surface area contributed by atoms with Crippen LogP contribution >= 0.6 is 0 Å². The monoisotopic (exact) mass is 313 g/mol. The maximum atomic E-state index is 12.7. The fraction of sp³-hybridized carbons (Fsp3) is 0.579. The third kappa shape index (κ3) is 2.03. The Hall–Kier alpha value is -1.84. The van der Waals surface area contributed by atoms with Gasteiger partial charge in [0, 0.05) is 24.9 Å². The molecule has 3 aliphatic rings. The molecule has 2 saturated carbocycles. The summed E-state index contributed by atoms with van der Waals surface area (Å²) in [5.74, 6) is 1.79. The summed E-state index contributed by atoms with van der Waals surface area (Å²) >= 11 is 0. The number of carbonyl (C=O) groups is 2. The predicted octanol–water partition coefficient (Wildman–Crippen LogP) is 2.92. The van der Waals surface area contributed by atoms with Crippen LogP contribution in [0.25, 0.3) is 0 Å². The van der Waals surface area contributed by atoms with Crippen LogP contribution in [0.1, 0.15) is 43.5 Å². The zero-order chi connectivity index (χ0) is 16.2. The molecule has 1 heterocycles. The molecule has 2 aliphatic carbocycles. The van der Waals surface area contributed by atoms with E-state index >= 15 is 0 Å². The molecule has 1 aliphatic heterocycles. The van der Waals surface area contributed by atoms with E-state index in [2.05, 4.69) is 0 Å². The largest absolute Gasteiger partial charge is 0.486 e. The maximum Gasteiger partial charge on any atom is 0.226 e. The lowest BCUT2D eigenvalue weighted by molar-refractivity contribution is -0.134. The van der Waals surface area contributed by atoms with Gasteiger partial charge in [0.25, 0.3) is 0 Å². The second kappa shape index (κ2) is 5.08. The maximum absolute atomic E-state index is 12.7. The van der Waals surface area contributed by atoms with Gasteiger partial charge in [-0.05, 0) is 44.7 Å². The summed E-state index contributed by atoms with van der Waals surface area (Å²) in [6.45, 7) is 5.54. The number of amides is 1. The van der Waals surface area contributed by atoms with Crippen molar-refractivity contribution >= 4 is 11.7 Å². The highest BCUT2D eigenvalue weighted by Crippen LogP contribution is 2.66. The number of para-hydroxylation sites is 1. The van der Waals surface area contributed by atoms with Crippen LogP contribution in [-0.4, -0.2) is 35.3 Å². The van der Waals surface area contributed by atoms with Crippen LogP contribution in [0.2, 0.25) is 0 Å². The molecule has 0 saturated heterocycles. The number of ether oxygens (including phenoxy) is 1. The lowest BCUT2D eigenvalue weighted by atomic mass is 9.84. The summed E-state index contributed by atoms with van der Waals surface area (Å²) in [6.07, 6.45) is 2.31. The fourth-order valence-electron chi connectivity index (χ4n) is 4.84. The molecule has 0 bridgehead atoms. The Morgan fingerprint density at radius 1 is 1.30 bits per heavy atom.